The summed E-state index contributed by atoms with van der Waals surface area (Å²) in [7, 11) is 0. The Balaban J connectivity index is 3.06. The van der Waals surface area contributed by atoms with Gasteiger partial charge < -0.3 is 4.90 Å². The molecule has 3 nitrogen and oxygen atoms in total. The summed E-state index contributed by atoms with van der Waals surface area (Å²) in [6.45, 7) is 8.78. The Labute approximate surface area is 103 Å². The zero-order chi connectivity index (χ0) is 12.9. The van der Waals surface area contributed by atoms with Gasteiger partial charge in [-0.15, -0.1) is 0 Å². The summed E-state index contributed by atoms with van der Waals surface area (Å²) in [6.07, 6.45) is 8.28. The second-order valence-electron chi connectivity index (χ2n) is 4.31. The number of amidine groups is 1. The molecule has 1 heterocycles. The van der Waals surface area contributed by atoms with Crippen molar-refractivity contribution >= 4 is 5.84 Å². The van der Waals surface area contributed by atoms with E-state index in [1.165, 1.54) is 0 Å². The summed E-state index contributed by atoms with van der Waals surface area (Å²) in [6, 6.07) is 2.43. The zero-order valence-corrected chi connectivity index (χ0v) is 10.5. The molecule has 1 aliphatic heterocycles. The molecule has 17 heavy (non-hydrogen) atoms. The highest BCUT2D eigenvalue weighted by atomic mass is 15.2. The van der Waals surface area contributed by atoms with Gasteiger partial charge in [0.2, 0.25) is 0 Å². The average molecular weight is 229 g/mol. The molecule has 90 valence electrons. The molecule has 0 bridgehead atoms. The number of rotatable bonds is 3. The van der Waals surface area contributed by atoms with Gasteiger partial charge in [-0.2, -0.15) is 5.26 Å². The van der Waals surface area contributed by atoms with Gasteiger partial charge >= 0.3 is 0 Å². The van der Waals surface area contributed by atoms with Crippen LogP contribution in [0, 0.1) is 22.2 Å². The largest absolute Gasteiger partial charge is 0.359 e. The molecule has 1 aliphatic rings. The number of likely N-dealkylation sites (tertiary alicyclic amines) is 1. The van der Waals surface area contributed by atoms with Crippen molar-refractivity contribution in [2.24, 2.45) is 5.41 Å². The molecular weight excluding hydrogens is 210 g/mol. The molecule has 1 fully saturated rings. The highest BCUT2D eigenvalue weighted by Gasteiger charge is 2.40. The number of nitrogens with zero attached hydrogens (tertiary/aromatic N) is 2. The molecule has 0 aromatic carbocycles. The Morgan fingerprint density at radius 1 is 1.59 bits per heavy atom. The quantitative estimate of drug-likeness (QED) is 0.459. The van der Waals surface area contributed by atoms with Crippen molar-refractivity contribution in [2.75, 3.05) is 13.1 Å². The van der Waals surface area contributed by atoms with Gasteiger partial charge in [0.05, 0.1) is 11.9 Å². The van der Waals surface area contributed by atoms with Crippen molar-refractivity contribution in [3.8, 4) is 6.07 Å². The van der Waals surface area contributed by atoms with Crippen LogP contribution in [0.25, 0.3) is 0 Å². The summed E-state index contributed by atoms with van der Waals surface area (Å²) in [5.74, 6) is 0.528. The van der Waals surface area contributed by atoms with E-state index in [0.29, 0.717) is 12.4 Å². The van der Waals surface area contributed by atoms with Crippen LogP contribution in [0.5, 0.6) is 0 Å². The maximum atomic E-state index is 9.48. The zero-order valence-electron chi connectivity index (χ0n) is 10.5. The molecule has 0 aromatic heterocycles. The van der Waals surface area contributed by atoms with Crippen molar-refractivity contribution in [1.29, 1.82) is 10.7 Å². The second kappa shape index (κ2) is 5.49. The lowest BCUT2D eigenvalue weighted by molar-refractivity contribution is 0.454. The SMILES string of the molecule is C=C/C=C(\C=C/C)C1(C#N)CCN(C(C)=N)C1. The molecular formula is C14H19N3. The molecule has 3 heteroatoms. The van der Waals surface area contributed by atoms with Crippen LogP contribution < -0.4 is 0 Å². The second-order valence-corrected chi connectivity index (χ2v) is 4.31. The van der Waals surface area contributed by atoms with Gasteiger partial charge in [0.15, 0.2) is 0 Å². The minimum atomic E-state index is -0.497. The predicted molar refractivity (Wildman–Crippen MR) is 70.7 cm³/mol. The highest BCUT2D eigenvalue weighted by Crippen LogP contribution is 2.38. The van der Waals surface area contributed by atoms with E-state index in [1.54, 1.807) is 13.0 Å². The molecule has 0 radical (unpaired) electrons. The van der Waals surface area contributed by atoms with E-state index in [0.717, 1.165) is 18.5 Å². The summed E-state index contributed by atoms with van der Waals surface area (Å²) in [5, 5.41) is 17.1. The van der Waals surface area contributed by atoms with E-state index < -0.39 is 5.41 Å². The maximum Gasteiger partial charge on any atom is 0.101 e. The highest BCUT2D eigenvalue weighted by molar-refractivity contribution is 5.77. The average Bonchev–Trinajstić information content (AvgIpc) is 2.74. The summed E-state index contributed by atoms with van der Waals surface area (Å²) >= 11 is 0. The van der Waals surface area contributed by atoms with Gasteiger partial charge in [-0.3, -0.25) is 5.41 Å². The summed E-state index contributed by atoms with van der Waals surface area (Å²) in [4.78, 5) is 1.95. The van der Waals surface area contributed by atoms with Crippen LogP contribution in [-0.4, -0.2) is 23.8 Å². The van der Waals surface area contributed by atoms with E-state index in [2.05, 4.69) is 12.6 Å². The first-order chi connectivity index (χ1) is 8.09. The van der Waals surface area contributed by atoms with E-state index in [4.69, 9.17) is 5.41 Å². The summed E-state index contributed by atoms with van der Waals surface area (Å²) < 4.78 is 0. The molecule has 0 saturated carbocycles. The minimum Gasteiger partial charge on any atom is -0.359 e. The number of nitrogens with one attached hydrogen (secondary N) is 1. The molecule has 0 amide bonds. The van der Waals surface area contributed by atoms with Crippen LogP contribution in [0.2, 0.25) is 0 Å². The van der Waals surface area contributed by atoms with Gasteiger partial charge in [0.1, 0.15) is 5.41 Å². The first kappa shape index (κ1) is 13.2. The molecule has 0 aromatic rings. The van der Waals surface area contributed by atoms with Crippen LogP contribution >= 0.6 is 0 Å². The third-order valence-electron chi connectivity index (χ3n) is 3.15. The van der Waals surface area contributed by atoms with E-state index >= 15 is 0 Å². The van der Waals surface area contributed by atoms with E-state index in [-0.39, 0.29) is 0 Å². The van der Waals surface area contributed by atoms with Gasteiger partial charge in [-0.25, -0.2) is 0 Å². The van der Waals surface area contributed by atoms with Crippen molar-refractivity contribution in [1.82, 2.24) is 4.90 Å². The fourth-order valence-corrected chi connectivity index (χ4v) is 2.17. The smallest absolute Gasteiger partial charge is 0.101 e. The maximum absolute atomic E-state index is 9.48. The first-order valence-corrected chi connectivity index (χ1v) is 5.77. The first-order valence-electron chi connectivity index (χ1n) is 5.77. The van der Waals surface area contributed by atoms with Crippen LogP contribution in [0.3, 0.4) is 0 Å². The van der Waals surface area contributed by atoms with E-state index in [1.807, 2.05) is 30.1 Å². The molecule has 1 N–H and O–H groups in total. The Bertz CT molecular complexity index is 412. The fraction of sp³-hybridized carbons (Fsp3) is 0.429. The number of nitriles is 1. The third-order valence-corrected chi connectivity index (χ3v) is 3.15. The monoisotopic (exact) mass is 229 g/mol. The Morgan fingerprint density at radius 2 is 2.29 bits per heavy atom. The predicted octanol–water partition coefficient (Wildman–Crippen LogP) is 2.89. The Hall–Kier alpha value is -1.82. The Kier molecular flexibility index (Phi) is 4.28. The van der Waals surface area contributed by atoms with Gasteiger partial charge in [0.25, 0.3) is 0 Å². The van der Waals surface area contributed by atoms with Crippen molar-refractivity contribution in [3.63, 3.8) is 0 Å². The third kappa shape index (κ3) is 2.65. The van der Waals surface area contributed by atoms with Gasteiger partial charge in [-0.1, -0.05) is 30.9 Å². The minimum absolute atomic E-state index is 0.497. The van der Waals surface area contributed by atoms with E-state index in [9.17, 15) is 5.26 Å². The lowest BCUT2D eigenvalue weighted by Crippen LogP contribution is -2.30. The van der Waals surface area contributed by atoms with Gasteiger partial charge in [-0.05, 0) is 25.8 Å². The van der Waals surface area contributed by atoms with Gasteiger partial charge in [0, 0.05) is 13.1 Å². The van der Waals surface area contributed by atoms with Crippen molar-refractivity contribution in [2.45, 2.75) is 20.3 Å². The number of hydrogen-bond acceptors (Lipinski definition) is 2. The molecule has 1 rings (SSSR count). The topological polar surface area (TPSA) is 50.9 Å². The normalized spacial score (nSPS) is 25.0. The molecule has 0 spiro atoms. The molecule has 1 unspecified atom stereocenters. The number of allylic oxidation sites excluding steroid dienone is 4. The lowest BCUT2D eigenvalue weighted by Gasteiger charge is -2.23. The fourth-order valence-electron chi connectivity index (χ4n) is 2.17. The molecule has 0 aliphatic carbocycles. The summed E-state index contributed by atoms with van der Waals surface area (Å²) in [5.41, 5.74) is 0.490. The Morgan fingerprint density at radius 3 is 2.71 bits per heavy atom. The number of hydrogen-bond donors (Lipinski definition) is 1. The van der Waals surface area contributed by atoms with Crippen molar-refractivity contribution < 1.29 is 0 Å². The standard InChI is InChI=1S/C14H19N3/c1-4-6-13(7-5-2)14(10-15)8-9-17(11-14)12(3)16/h4-7,16H,1,8-9,11H2,2-3H3/b7-5-,13-6+,16-12?. The van der Waals surface area contributed by atoms with Crippen LogP contribution in [0.4, 0.5) is 0 Å². The lowest BCUT2D eigenvalue weighted by atomic mass is 9.80. The van der Waals surface area contributed by atoms with Crippen molar-refractivity contribution in [3.05, 3.63) is 36.5 Å². The molecule has 1 atom stereocenters. The van der Waals surface area contributed by atoms with Crippen LogP contribution in [0.1, 0.15) is 20.3 Å². The van der Waals surface area contributed by atoms with Crippen LogP contribution in [-0.2, 0) is 0 Å². The van der Waals surface area contributed by atoms with Crippen LogP contribution in [0.15, 0.2) is 36.5 Å². The molecule has 1 saturated heterocycles.